The summed E-state index contributed by atoms with van der Waals surface area (Å²) < 4.78 is 10.9. The fourth-order valence-electron chi connectivity index (χ4n) is 1.95. The molecular formula is C17H25NO5. The molecule has 128 valence electrons. The Morgan fingerprint density at radius 2 is 1.87 bits per heavy atom. The SMILES string of the molecule is CCCOc1cccc(OCC(=O)NC(CC(C)C)C(=O)O)c1. The second-order valence-corrected chi connectivity index (χ2v) is 5.70. The zero-order valence-corrected chi connectivity index (χ0v) is 13.9. The third kappa shape index (κ3) is 7.54. The predicted octanol–water partition coefficient (Wildman–Crippen LogP) is 2.47. The molecule has 1 aromatic carbocycles. The van der Waals surface area contributed by atoms with Gasteiger partial charge in [0.15, 0.2) is 6.61 Å². The topological polar surface area (TPSA) is 84.9 Å². The molecule has 0 aromatic heterocycles. The Labute approximate surface area is 136 Å². The smallest absolute Gasteiger partial charge is 0.326 e. The molecule has 0 aliphatic heterocycles. The quantitative estimate of drug-likeness (QED) is 0.691. The lowest BCUT2D eigenvalue weighted by molar-refractivity contribution is -0.142. The number of carbonyl (C=O) groups is 2. The number of aliphatic carboxylic acids is 1. The van der Waals surface area contributed by atoms with Crippen molar-refractivity contribution in [3.63, 3.8) is 0 Å². The van der Waals surface area contributed by atoms with Gasteiger partial charge in [0.1, 0.15) is 17.5 Å². The maximum atomic E-state index is 11.8. The van der Waals surface area contributed by atoms with Crippen molar-refractivity contribution in [1.29, 1.82) is 0 Å². The number of rotatable bonds is 10. The van der Waals surface area contributed by atoms with Crippen LogP contribution in [-0.2, 0) is 9.59 Å². The number of hydrogen-bond donors (Lipinski definition) is 2. The van der Waals surface area contributed by atoms with Crippen LogP contribution in [0.15, 0.2) is 24.3 Å². The van der Waals surface area contributed by atoms with E-state index < -0.39 is 17.9 Å². The van der Waals surface area contributed by atoms with Crippen LogP contribution in [0.1, 0.15) is 33.6 Å². The lowest BCUT2D eigenvalue weighted by atomic mass is 10.0. The highest BCUT2D eigenvalue weighted by molar-refractivity contribution is 5.84. The van der Waals surface area contributed by atoms with Crippen LogP contribution in [0, 0.1) is 5.92 Å². The highest BCUT2D eigenvalue weighted by Crippen LogP contribution is 2.19. The van der Waals surface area contributed by atoms with Gasteiger partial charge in [-0.25, -0.2) is 4.79 Å². The molecule has 0 aliphatic carbocycles. The van der Waals surface area contributed by atoms with Crippen molar-refractivity contribution in [2.45, 2.75) is 39.7 Å². The first-order chi connectivity index (χ1) is 10.9. The average Bonchev–Trinajstić information content (AvgIpc) is 2.50. The van der Waals surface area contributed by atoms with Crippen molar-refractivity contribution in [3.05, 3.63) is 24.3 Å². The van der Waals surface area contributed by atoms with Gasteiger partial charge in [0.05, 0.1) is 6.61 Å². The van der Waals surface area contributed by atoms with Gasteiger partial charge in [0, 0.05) is 6.07 Å². The van der Waals surface area contributed by atoms with Crippen LogP contribution >= 0.6 is 0 Å². The predicted molar refractivity (Wildman–Crippen MR) is 86.7 cm³/mol. The van der Waals surface area contributed by atoms with Crippen LogP contribution < -0.4 is 14.8 Å². The molecule has 0 radical (unpaired) electrons. The standard InChI is InChI=1S/C17H25NO5/c1-4-8-22-13-6-5-7-14(10-13)23-11-16(19)18-15(17(20)21)9-12(2)3/h5-7,10,12,15H,4,8-9,11H2,1-3H3,(H,18,19)(H,20,21). The normalized spacial score (nSPS) is 11.8. The second kappa shape index (κ2) is 9.71. The lowest BCUT2D eigenvalue weighted by Crippen LogP contribution is -2.43. The van der Waals surface area contributed by atoms with Crippen LogP contribution in [0.3, 0.4) is 0 Å². The summed E-state index contributed by atoms with van der Waals surface area (Å²) >= 11 is 0. The van der Waals surface area contributed by atoms with Crippen molar-refractivity contribution in [3.8, 4) is 11.5 Å². The van der Waals surface area contributed by atoms with Crippen LogP contribution in [0.2, 0.25) is 0 Å². The number of carboxylic acid groups (broad SMARTS) is 1. The molecule has 1 aromatic rings. The molecule has 1 amide bonds. The van der Waals surface area contributed by atoms with Crippen LogP contribution in [0.5, 0.6) is 11.5 Å². The first kappa shape index (κ1) is 18.8. The van der Waals surface area contributed by atoms with E-state index in [4.69, 9.17) is 14.6 Å². The highest BCUT2D eigenvalue weighted by atomic mass is 16.5. The van der Waals surface area contributed by atoms with Crippen molar-refractivity contribution in [2.24, 2.45) is 5.92 Å². The minimum absolute atomic E-state index is 0.171. The number of carbonyl (C=O) groups excluding carboxylic acids is 1. The van der Waals surface area contributed by atoms with Gasteiger partial charge < -0.3 is 19.9 Å². The van der Waals surface area contributed by atoms with Gasteiger partial charge in [0.2, 0.25) is 0 Å². The summed E-state index contributed by atoms with van der Waals surface area (Å²) in [5.41, 5.74) is 0. The second-order valence-electron chi connectivity index (χ2n) is 5.70. The van der Waals surface area contributed by atoms with Crippen molar-refractivity contribution in [2.75, 3.05) is 13.2 Å². The summed E-state index contributed by atoms with van der Waals surface area (Å²) in [7, 11) is 0. The number of ether oxygens (including phenoxy) is 2. The maximum Gasteiger partial charge on any atom is 0.326 e. The van der Waals surface area contributed by atoms with E-state index >= 15 is 0 Å². The Bertz CT molecular complexity index is 515. The zero-order valence-electron chi connectivity index (χ0n) is 13.9. The monoisotopic (exact) mass is 323 g/mol. The highest BCUT2D eigenvalue weighted by Gasteiger charge is 2.21. The van der Waals surface area contributed by atoms with Gasteiger partial charge in [0.25, 0.3) is 5.91 Å². The van der Waals surface area contributed by atoms with E-state index in [1.165, 1.54) is 0 Å². The molecule has 0 aliphatic rings. The molecule has 2 N–H and O–H groups in total. The molecule has 1 atom stereocenters. The molecule has 1 rings (SSSR count). The summed E-state index contributed by atoms with van der Waals surface area (Å²) in [5, 5.41) is 11.6. The van der Waals surface area contributed by atoms with Crippen molar-refractivity contribution >= 4 is 11.9 Å². The molecule has 6 heteroatoms. The van der Waals surface area contributed by atoms with Gasteiger partial charge in [-0.15, -0.1) is 0 Å². The van der Waals surface area contributed by atoms with Crippen LogP contribution in [-0.4, -0.2) is 36.2 Å². The van der Waals surface area contributed by atoms with Crippen molar-refractivity contribution in [1.82, 2.24) is 5.32 Å². The molecule has 0 saturated carbocycles. The van der Waals surface area contributed by atoms with Gasteiger partial charge in [-0.05, 0) is 30.9 Å². The average molecular weight is 323 g/mol. The summed E-state index contributed by atoms with van der Waals surface area (Å²) in [6.07, 6.45) is 1.28. The molecule has 0 fully saturated rings. The number of nitrogens with one attached hydrogen (secondary N) is 1. The van der Waals surface area contributed by atoms with E-state index in [2.05, 4.69) is 5.32 Å². The first-order valence-corrected chi connectivity index (χ1v) is 7.80. The Balaban J connectivity index is 2.50. The summed E-state index contributed by atoms with van der Waals surface area (Å²) in [5.74, 6) is -0.151. The molecule has 0 spiro atoms. The summed E-state index contributed by atoms with van der Waals surface area (Å²) in [6.45, 7) is 6.19. The number of carboxylic acids is 1. The number of benzene rings is 1. The summed E-state index contributed by atoms with van der Waals surface area (Å²) in [6, 6.07) is 6.11. The molecular weight excluding hydrogens is 298 g/mol. The Hall–Kier alpha value is -2.24. The summed E-state index contributed by atoms with van der Waals surface area (Å²) in [4.78, 5) is 23.0. The minimum atomic E-state index is -1.04. The molecule has 6 nitrogen and oxygen atoms in total. The Kier molecular flexibility index (Phi) is 7.94. The Morgan fingerprint density at radius 1 is 1.22 bits per heavy atom. The van der Waals surface area contributed by atoms with E-state index in [1.54, 1.807) is 18.2 Å². The molecule has 0 saturated heterocycles. The third-order valence-corrected chi connectivity index (χ3v) is 2.99. The maximum absolute atomic E-state index is 11.8. The lowest BCUT2D eigenvalue weighted by Gasteiger charge is -2.16. The minimum Gasteiger partial charge on any atom is -0.493 e. The van der Waals surface area contributed by atoms with Crippen LogP contribution in [0.4, 0.5) is 0 Å². The van der Waals surface area contributed by atoms with E-state index in [0.717, 1.165) is 6.42 Å². The van der Waals surface area contributed by atoms with Crippen LogP contribution in [0.25, 0.3) is 0 Å². The molecule has 0 bridgehead atoms. The first-order valence-electron chi connectivity index (χ1n) is 7.80. The fraction of sp³-hybridized carbons (Fsp3) is 0.529. The molecule has 0 heterocycles. The zero-order chi connectivity index (χ0) is 17.2. The third-order valence-electron chi connectivity index (χ3n) is 2.99. The van der Waals surface area contributed by atoms with E-state index in [-0.39, 0.29) is 12.5 Å². The largest absolute Gasteiger partial charge is 0.493 e. The molecule has 23 heavy (non-hydrogen) atoms. The van der Waals surface area contributed by atoms with E-state index in [0.29, 0.717) is 24.5 Å². The number of hydrogen-bond acceptors (Lipinski definition) is 4. The Morgan fingerprint density at radius 3 is 2.43 bits per heavy atom. The van der Waals surface area contributed by atoms with Gasteiger partial charge in [-0.1, -0.05) is 26.8 Å². The van der Waals surface area contributed by atoms with E-state index in [9.17, 15) is 9.59 Å². The number of amides is 1. The van der Waals surface area contributed by atoms with E-state index in [1.807, 2.05) is 26.8 Å². The van der Waals surface area contributed by atoms with Gasteiger partial charge >= 0.3 is 5.97 Å². The fourth-order valence-corrected chi connectivity index (χ4v) is 1.95. The van der Waals surface area contributed by atoms with Gasteiger partial charge in [-0.3, -0.25) is 4.79 Å². The van der Waals surface area contributed by atoms with Gasteiger partial charge in [-0.2, -0.15) is 0 Å². The molecule has 1 unspecified atom stereocenters. The van der Waals surface area contributed by atoms with Crippen molar-refractivity contribution < 1.29 is 24.2 Å².